The summed E-state index contributed by atoms with van der Waals surface area (Å²) in [6.07, 6.45) is 0. The molecule has 0 radical (unpaired) electrons. The molecule has 0 spiro atoms. The number of anilines is 1. The maximum atomic E-state index is 10.1. The molecule has 0 aliphatic carbocycles. The number of rotatable bonds is 2. The number of hydrogen-bond acceptors (Lipinski definition) is 4. The van der Waals surface area contributed by atoms with E-state index in [0.29, 0.717) is 0 Å². The van der Waals surface area contributed by atoms with Crippen LogP contribution in [0, 0.1) is 6.92 Å². The van der Waals surface area contributed by atoms with Gasteiger partial charge in [0.15, 0.2) is 0 Å². The first-order valence-electron chi connectivity index (χ1n) is 8.75. The Kier molecular flexibility index (Phi) is 4.06. The number of pyridine rings is 1. The minimum absolute atomic E-state index is 0.266. The lowest BCUT2D eigenvalue weighted by Gasteiger charge is -2.34. The topological polar surface area (TPSA) is 39.6 Å². The van der Waals surface area contributed by atoms with E-state index < -0.39 is 0 Å². The zero-order valence-corrected chi connectivity index (χ0v) is 14.7. The first-order chi connectivity index (χ1) is 12.1. The average molecular weight is 333 g/mol. The fourth-order valence-electron chi connectivity index (χ4n) is 3.47. The maximum Gasteiger partial charge on any atom is 0.124 e. The molecular formula is C21H23N3O. The van der Waals surface area contributed by atoms with Crippen molar-refractivity contribution in [2.45, 2.75) is 6.92 Å². The highest BCUT2D eigenvalue weighted by Gasteiger charge is 2.15. The monoisotopic (exact) mass is 333 g/mol. The zero-order chi connectivity index (χ0) is 17.4. The molecule has 4 heteroatoms. The van der Waals surface area contributed by atoms with Gasteiger partial charge < -0.3 is 14.9 Å². The Bertz CT molecular complexity index is 914. The number of nitrogens with zero attached hydrogens (tertiary/aromatic N) is 3. The Labute approximate surface area is 148 Å². The van der Waals surface area contributed by atoms with E-state index in [-0.39, 0.29) is 5.75 Å². The van der Waals surface area contributed by atoms with E-state index in [4.69, 9.17) is 4.98 Å². The van der Waals surface area contributed by atoms with Crippen LogP contribution in [0.3, 0.4) is 0 Å². The minimum Gasteiger partial charge on any atom is -0.507 e. The lowest BCUT2D eigenvalue weighted by Crippen LogP contribution is -2.44. The highest BCUT2D eigenvalue weighted by Crippen LogP contribution is 2.31. The maximum absolute atomic E-state index is 10.1. The smallest absolute Gasteiger partial charge is 0.124 e. The van der Waals surface area contributed by atoms with E-state index in [9.17, 15) is 5.11 Å². The van der Waals surface area contributed by atoms with E-state index >= 15 is 0 Å². The van der Waals surface area contributed by atoms with Gasteiger partial charge in [-0.1, -0.05) is 12.1 Å². The number of benzene rings is 2. The molecule has 128 valence electrons. The minimum atomic E-state index is 0.266. The molecule has 1 aliphatic heterocycles. The first kappa shape index (κ1) is 15.9. The van der Waals surface area contributed by atoms with Crippen molar-refractivity contribution in [2.24, 2.45) is 0 Å². The van der Waals surface area contributed by atoms with Crippen molar-refractivity contribution in [3.05, 3.63) is 54.1 Å². The standard InChI is InChI=1S/C21H23N3O/c1-15-13-20(17-5-3-4-6-21(17)25)22-19-8-7-16(14-18(15)19)24-11-9-23(2)10-12-24/h3-8,13-14,25H,9-12H2,1-2H3. The van der Waals surface area contributed by atoms with Gasteiger partial charge in [0.2, 0.25) is 0 Å². The zero-order valence-electron chi connectivity index (χ0n) is 14.7. The predicted molar refractivity (Wildman–Crippen MR) is 103 cm³/mol. The Morgan fingerprint density at radius 3 is 2.48 bits per heavy atom. The molecule has 1 N–H and O–H groups in total. The van der Waals surface area contributed by atoms with Crippen LogP contribution in [0.1, 0.15) is 5.56 Å². The second-order valence-electron chi connectivity index (χ2n) is 6.83. The van der Waals surface area contributed by atoms with Gasteiger partial charge in [-0.25, -0.2) is 4.98 Å². The highest BCUT2D eigenvalue weighted by molar-refractivity contribution is 5.88. The fourth-order valence-corrected chi connectivity index (χ4v) is 3.47. The van der Waals surface area contributed by atoms with Gasteiger partial charge in [-0.15, -0.1) is 0 Å². The Morgan fingerprint density at radius 2 is 1.72 bits per heavy atom. The molecular weight excluding hydrogens is 310 g/mol. The number of para-hydroxylation sites is 1. The van der Waals surface area contributed by atoms with Gasteiger partial charge in [0.05, 0.1) is 11.2 Å². The molecule has 0 unspecified atom stereocenters. The molecule has 4 rings (SSSR count). The van der Waals surface area contributed by atoms with Crippen LogP contribution >= 0.6 is 0 Å². The average Bonchev–Trinajstić information content (AvgIpc) is 2.62. The SMILES string of the molecule is Cc1cc(-c2ccccc2O)nc2ccc(N3CCN(C)CC3)cc12. The first-order valence-corrected chi connectivity index (χ1v) is 8.75. The molecule has 25 heavy (non-hydrogen) atoms. The third-order valence-corrected chi connectivity index (χ3v) is 5.05. The van der Waals surface area contributed by atoms with Crippen LogP contribution in [0.2, 0.25) is 0 Å². The summed E-state index contributed by atoms with van der Waals surface area (Å²) in [4.78, 5) is 9.58. The fraction of sp³-hybridized carbons (Fsp3) is 0.286. The van der Waals surface area contributed by atoms with Crippen molar-refractivity contribution in [3.63, 3.8) is 0 Å². The largest absolute Gasteiger partial charge is 0.507 e. The summed E-state index contributed by atoms with van der Waals surface area (Å²) in [6, 6.07) is 15.9. The molecule has 0 amide bonds. The molecule has 0 atom stereocenters. The normalized spacial score (nSPS) is 15.7. The summed E-state index contributed by atoms with van der Waals surface area (Å²) in [6.45, 7) is 6.43. The van der Waals surface area contributed by atoms with Crippen LogP contribution < -0.4 is 4.90 Å². The molecule has 0 saturated carbocycles. The van der Waals surface area contributed by atoms with Crippen molar-refractivity contribution in [1.82, 2.24) is 9.88 Å². The molecule has 1 aromatic heterocycles. The number of fused-ring (bicyclic) bond motifs is 1. The van der Waals surface area contributed by atoms with Crippen LogP contribution in [-0.4, -0.2) is 48.2 Å². The number of hydrogen-bond donors (Lipinski definition) is 1. The van der Waals surface area contributed by atoms with Gasteiger partial charge in [-0.05, 0) is 55.9 Å². The summed E-state index contributed by atoms with van der Waals surface area (Å²) in [5.41, 5.74) is 5.00. The predicted octanol–water partition coefficient (Wildman–Crippen LogP) is 3.67. The highest BCUT2D eigenvalue weighted by atomic mass is 16.3. The van der Waals surface area contributed by atoms with E-state index in [1.165, 1.54) is 16.6 Å². The van der Waals surface area contributed by atoms with Gasteiger partial charge >= 0.3 is 0 Å². The summed E-state index contributed by atoms with van der Waals surface area (Å²) in [5, 5.41) is 11.3. The Morgan fingerprint density at radius 1 is 0.960 bits per heavy atom. The molecule has 3 aromatic rings. The summed E-state index contributed by atoms with van der Waals surface area (Å²) in [7, 11) is 2.17. The lowest BCUT2D eigenvalue weighted by atomic mass is 10.0. The second kappa shape index (κ2) is 6.37. The molecule has 1 saturated heterocycles. The van der Waals surface area contributed by atoms with Crippen LogP contribution in [0.4, 0.5) is 5.69 Å². The molecule has 1 fully saturated rings. The van der Waals surface area contributed by atoms with Crippen molar-refractivity contribution >= 4 is 16.6 Å². The van der Waals surface area contributed by atoms with E-state index in [2.05, 4.69) is 48.0 Å². The van der Waals surface area contributed by atoms with Crippen LogP contribution in [-0.2, 0) is 0 Å². The Hall–Kier alpha value is -2.59. The lowest BCUT2D eigenvalue weighted by molar-refractivity contribution is 0.313. The van der Waals surface area contributed by atoms with Crippen molar-refractivity contribution in [1.29, 1.82) is 0 Å². The van der Waals surface area contributed by atoms with Crippen molar-refractivity contribution in [2.75, 3.05) is 38.1 Å². The van der Waals surface area contributed by atoms with Crippen molar-refractivity contribution < 1.29 is 5.11 Å². The Balaban J connectivity index is 1.74. The number of phenols is 1. The van der Waals surface area contributed by atoms with Crippen LogP contribution in [0.25, 0.3) is 22.2 Å². The van der Waals surface area contributed by atoms with E-state index in [1.807, 2.05) is 18.2 Å². The molecule has 0 bridgehead atoms. The van der Waals surface area contributed by atoms with Crippen molar-refractivity contribution in [3.8, 4) is 17.0 Å². The number of phenolic OH excluding ortho intramolecular Hbond substituents is 1. The van der Waals surface area contributed by atoms with Gasteiger partial charge in [0.1, 0.15) is 5.75 Å². The van der Waals surface area contributed by atoms with Gasteiger partial charge in [-0.3, -0.25) is 0 Å². The summed E-state index contributed by atoms with van der Waals surface area (Å²) >= 11 is 0. The number of aromatic hydroxyl groups is 1. The molecule has 2 aromatic carbocycles. The third kappa shape index (κ3) is 3.05. The number of piperazine rings is 1. The van der Waals surface area contributed by atoms with E-state index in [1.54, 1.807) is 6.07 Å². The van der Waals surface area contributed by atoms with Gasteiger partial charge in [0.25, 0.3) is 0 Å². The van der Waals surface area contributed by atoms with Crippen LogP contribution in [0.5, 0.6) is 5.75 Å². The van der Waals surface area contributed by atoms with Gasteiger partial charge in [-0.2, -0.15) is 0 Å². The summed E-state index contributed by atoms with van der Waals surface area (Å²) < 4.78 is 0. The van der Waals surface area contributed by atoms with Gasteiger partial charge in [0, 0.05) is 42.8 Å². The number of likely N-dealkylation sites (N-methyl/N-ethyl adjacent to an activating group) is 1. The quantitative estimate of drug-likeness (QED) is 0.777. The number of aryl methyl sites for hydroxylation is 1. The molecule has 2 heterocycles. The molecule has 4 nitrogen and oxygen atoms in total. The van der Waals surface area contributed by atoms with E-state index in [0.717, 1.165) is 43.0 Å². The molecule has 1 aliphatic rings. The number of aromatic nitrogens is 1. The van der Waals surface area contributed by atoms with Crippen LogP contribution in [0.15, 0.2) is 48.5 Å². The third-order valence-electron chi connectivity index (χ3n) is 5.05. The summed E-state index contributed by atoms with van der Waals surface area (Å²) in [5.74, 6) is 0.266. The second-order valence-corrected chi connectivity index (χ2v) is 6.83.